The van der Waals surface area contributed by atoms with Gasteiger partial charge >= 0.3 is 0 Å². The summed E-state index contributed by atoms with van der Waals surface area (Å²) in [5.41, 5.74) is 0. The van der Waals surface area contributed by atoms with E-state index in [-0.39, 0.29) is 0 Å². The van der Waals surface area contributed by atoms with Crippen LogP contribution in [0.2, 0.25) is 0 Å². The van der Waals surface area contributed by atoms with Crippen LogP contribution in [0.1, 0.15) is 46.5 Å². The first kappa shape index (κ1) is 13.4. The Morgan fingerprint density at radius 3 is 2.59 bits per heavy atom. The van der Waals surface area contributed by atoms with Crippen molar-refractivity contribution in [3.05, 3.63) is 0 Å². The molecule has 17 heavy (non-hydrogen) atoms. The number of piperidine rings is 1. The molecule has 1 saturated carbocycles. The average Bonchev–Trinajstić information content (AvgIpc) is 2.12. The maximum absolute atomic E-state index is 3.82. The molecule has 2 rings (SSSR count). The molecule has 1 N–H and O–H groups in total. The Morgan fingerprint density at radius 1 is 1.24 bits per heavy atom. The van der Waals surface area contributed by atoms with Gasteiger partial charge in [0.05, 0.1) is 0 Å². The Kier molecular flexibility index (Phi) is 4.87. The van der Waals surface area contributed by atoms with E-state index in [1.807, 2.05) is 0 Å². The molecule has 0 aromatic carbocycles. The molecular formula is C15H30N2. The number of nitrogens with one attached hydrogen (secondary N) is 1. The fourth-order valence-electron chi connectivity index (χ4n) is 3.31. The summed E-state index contributed by atoms with van der Waals surface area (Å²) in [7, 11) is 0. The van der Waals surface area contributed by atoms with Gasteiger partial charge in [-0.3, -0.25) is 0 Å². The normalized spacial score (nSPS) is 31.8. The predicted octanol–water partition coefficient (Wildman–Crippen LogP) is 2.74. The van der Waals surface area contributed by atoms with Gasteiger partial charge in [-0.05, 0) is 43.6 Å². The van der Waals surface area contributed by atoms with Crippen LogP contribution in [0.5, 0.6) is 0 Å². The van der Waals surface area contributed by atoms with E-state index in [0.29, 0.717) is 0 Å². The van der Waals surface area contributed by atoms with E-state index in [9.17, 15) is 0 Å². The molecule has 100 valence electrons. The van der Waals surface area contributed by atoms with Crippen molar-refractivity contribution in [3.8, 4) is 0 Å². The molecule has 1 saturated heterocycles. The lowest BCUT2D eigenvalue weighted by Gasteiger charge is -2.39. The summed E-state index contributed by atoms with van der Waals surface area (Å²) in [5.74, 6) is 2.65. The molecule has 2 nitrogen and oxygen atoms in total. The van der Waals surface area contributed by atoms with E-state index in [0.717, 1.165) is 23.8 Å². The van der Waals surface area contributed by atoms with Gasteiger partial charge in [0.1, 0.15) is 0 Å². The van der Waals surface area contributed by atoms with Crippen LogP contribution >= 0.6 is 0 Å². The number of hydrogen-bond acceptors (Lipinski definition) is 2. The molecule has 1 aliphatic carbocycles. The first-order chi connectivity index (χ1) is 8.13. The molecule has 0 radical (unpaired) electrons. The highest BCUT2D eigenvalue weighted by molar-refractivity contribution is 4.83. The SMILES string of the molecule is CC(C)CN1CC(C)CC(NCC2CCC2)C1. The summed E-state index contributed by atoms with van der Waals surface area (Å²) in [5, 5.41) is 3.82. The maximum Gasteiger partial charge on any atom is 0.0198 e. The highest BCUT2D eigenvalue weighted by atomic mass is 15.2. The van der Waals surface area contributed by atoms with E-state index in [1.54, 1.807) is 0 Å². The van der Waals surface area contributed by atoms with Gasteiger partial charge in [0.2, 0.25) is 0 Å². The van der Waals surface area contributed by atoms with Gasteiger partial charge in [-0.15, -0.1) is 0 Å². The largest absolute Gasteiger partial charge is 0.312 e. The quantitative estimate of drug-likeness (QED) is 0.792. The molecule has 0 amide bonds. The molecule has 1 heterocycles. The second kappa shape index (κ2) is 6.19. The van der Waals surface area contributed by atoms with Crippen LogP contribution in [0, 0.1) is 17.8 Å². The molecule has 2 aliphatic rings. The zero-order valence-corrected chi connectivity index (χ0v) is 11.9. The van der Waals surface area contributed by atoms with E-state index in [2.05, 4.69) is 31.0 Å². The molecule has 0 bridgehead atoms. The van der Waals surface area contributed by atoms with Crippen molar-refractivity contribution in [2.75, 3.05) is 26.2 Å². The van der Waals surface area contributed by atoms with Gasteiger partial charge in [-0.25, -0.2) is 0 Å². The van der Waals surface area contributed by atoms with E-state index in [4.69, 9.17) is 0 Å². The zero-order valence-electron chi connectivity index (χ0n) is 11.9. The molecule has 1 aliphatic heterocycles. The van der Waals surface area contributed by atoms with Gasteiger partial charge < -0.3 is 10.2 Å². The third-order valence-electron chi connectivity index (χ3n) is 4.28. The highest BCUT2D eigenvalue weighted by Crippen LogP contribution is 2.26. The fraction of sp³-hybridized carbons (Fsp3) is 1.00. The molecular weight excluding hydrogens is 208 g/mol. The summed E-state index contributed by atoms with van der Waals surface area (Å²) >= 11 is 0. The Bertz CT molecular complexity index is 221. The highest BCUT2D eigenvalue weighted by Gasteiger charge is 2.26. The Labute approximate surface area is 107 Å². The summed E-state index contributed by atoms with van der Waals surface area (Å²) in [6, 6.07) is 0.748. The molecule has 2 atom stereocenters. The zero-order chi connectivity index (χ0) is 12.3. The molecule has 0 spiro atoms. The van der Waals surface area contributed by atoms with Crippen LogP contribution in [-0.4, -0.2) is 37.1 Å². The van der Waals surface area contributed by atoms with Gasteiger partial charge in [-0.1, -0.05) is 27.2 Å². The first-order valence-electron chi connectivity index (χ1n) is 7.59. The minimum Gasteiger partial charge on any atom is -0.312 e. The lowest BCUT2D eigenvalue weighted by atomic mass is 9.85. The number of nitrogens with zero attached hydrogens (tertiary/aromatic N) is 1. The number of likely N-dealkylation sites (tertiary alicyclic amines) is 1. The predicted molar refractivity (Wildman–Crippen MR) is 74.2 cm³/mol. The summed E-state index contributed by atoms with van der Waals surface area (Å²) < 4.78 is 0. The minimum absolute atomic E-state index is 0.748. The number of hydrogen-bond donors (Lipinski definition) is 1. The van der Waals surface area contributed by atoms with Crippen LogP contribution < -0.4 is 5.32 Å². The maximum atomic E-state index is 3.82. The topological polar surface area (TPSA) is 15.3 Å². The molecule has 0 aromatic rings. The van der Waals surface area contributed by atoms with E-state index < -0.39 is 0 Å². The van der Waals surface area contributed by atoms with Gasteiger partial charge in [-0.2, -0.15) is 0 Å². The number of rotatable bonds is 5. The van der Waals surface area contributed by atoms with Crippen molar-refractivity contribution in [2.45, 2.75) is 52.5 Å². The van der Waals surface area contributed by atoms with Crippen molar-refractivity contribution >= 4 is 0 Å². The van der Waals surface area contributed by atoms with Crippen molar-refractivity contribution < 1.29 is 0 Å². The standard InChI is InChI=1S/C15H30N2/c1-12(2)9-17-10-13(3)7-15(11-17)16-8-14-5-4-6-14/h12-16H,4-11H2,1-3H3. The van der Waals surface area contributed by atoms with E-state index in [1.165, 1.54) is 51.9 Å². The van der Waals surface area contributed by atoms with Crippen LogP contribution in [0.4, 0.5) is 0 Å². The second-order valence-electron chi connectivity index (χ2n) is 6.86. The molecule has 2 unspecified atom stereocenters. The molecule has 0 aromatic heterocycles. The van der Waals surface area contributed by atoms with Gasteiger partial charge in [0, 0.05) is 25.7 Å². The lowest BCUT2D eigenvalue weighted by Crippen LogP contribution is -2.50. The van der Waals surface area contributed by atoms with Crippen molar-refractivity contribution in [1.29, 1.82) is 0 Å². The van der Waals surface area contributed by atoms with E-state index >= 15 is 0 Å². The Balaban J connectivity index is 1.72. The van der Waals surface area contributed by atoms with Gasteiger partial charge in [0.15, 0.2) is 0 Å². The third-order valence-corrected chi connectivity index (χ3v) is 4.28. The summed E-state index contributed by atoms with van der Waals surface area (Å²) in [6.45, 7) is 12.2. The average molecular weight is 238 g/mol. The molecule has 2 heteroatoms. The van der Waals surface area contributed by atoms with Crippen molar-refractivity contribution in [2.24, 2.45) is 17.8 Å². The smallest absolute Gasteiger partial charge is 0.0198 e. The second-order valence-corrected chi connectivity index (χ2v) is 6.86. The lowest BCUT2D eigenvalue weighted by molar-refractivity contribution is 0.130. The van der Waals surface area contributed by atoms with Crippen LogP contribution in [0.15, 0.2) is 0 Å². The van der Waals surface area contributed by atoms with Crippen LogP contribution in [-0.2, 0) is 0 Å². The van der Waals surface area contributed by atoms with Crippen molar-refractivity contribution in [3.63, 3.8) is 0 Å². The monoisotopic (exact) mass is 238 g/mol. The fourth-order valence-corrected chi connectivity index (χ4v) is 3.31. The summed E-state index contributed by atoms with van der Waals surface area (Å²) in [6.07, 6.45) is 5.77. The Hall–Kier alpha value is -0.0800. The first-order valence-corrected chi connectivity index (χ1v) is 7.59. The van der Waals surface area contributed by atoms with Gasteiger partial charge in [0.25, 0.3) is 0 Å². The van der Waals surface area contributed by atoms with Crippen LogP contribution in [0.3, 0.4) is 0 Å². The third kappa shape index (κ3) is 4.26. The summed E-state index contributed by atoms with van der Waals surface area (Å²) in [4.78, 5) is 2.66. The van der Waals surface area contributed by atoms with Crippen molar-refractivity contribution in [1.82, 2.24) is 10.2 Å². The van der Waals surface area contributed by atoms with Crippen LogP contribution in [0.25, 0.3) is 0 Å². The molecule has 2 fully saturated rings. The Morgan fingerprint density at radius 2 is 2.00 bits per heavy atom. The minimum atomic E-state index is 0.748.